The van der Waals surface area contributed by atoms with E-state index in [4.69, 9.17) is 9.15 Å². The molecule has 3 saturated heterocycles. The van der Waals surface area contributed by atoms with Crippen LogP contribution in [0.1, 0.15) is 37.0 Å². The zero-order chi connectivity index (χ0) is 18.0. The number of rotatable bonds is 4. The van der Waals surface area contributed by atoms with Crippen molar-refractivity contribution < 1.29 is 9.15 Å². The Kier molecular flexibility index (Phi) is 3.48. The number of ether oxygens (including phenoxy) is 1. The van der Waals surface area contributed by atoms with Crippen LogP contribution in [0.15, 0.2) is 28.8 Å². The summed E-state index contributed by atoms with van der Waals surface area (Å²) in [6.07, 6.45) is 8.06. The maximum atomic E-state index is 6.46. The van der Waals surface area contributed by atoms with Gasteiger partial charge in [0.25, 0.3) is 0 Å². The molecule has 2 aromatic heterocycles. The van der Waals surface area contributed by atoms with E-state index < -0.39 is 0 Å². The van der Waals surface area contributed by atoms with Gasteiger partial charge in [-0.2, -0.15) is 0 Å². The summed E-state index contributed by atoms with van der Waals surface area (Å²) < 4.78 is 12.6. The Morgan fingerprint density at radius 1 is 1.22 bits per heavy atom. The number of fused-ring (bicyclic) bond motifs is 3. The van der Waals surface area contributed by atoms with E-state index in [0.29, 0.717) is 5.92 Å². The lowest BCUT2D eigenvalue weighted by molar-refractivity contribution is -0.0814. The summed E-state index contributed by atoms with van der Waals surface area (Å²) >= 11 is 0. The zero-order valence-corrected chi connectivity index (χ0v) is 16.0. The van der Waals surface area contributed by atoms with E-state index in [9.17, 15) is 0 Å². The molecule has 0 N–H and O–H groups in total. The van der Waals surface area contributed by atoms with Crippen molar-refractivity contribution in [3.05, 3.63) is 35.7 Å². The molecule has 1 saturated carbocycles. The van der Waals surface area contributed by atoms with Crippen LogP contribution in [0.5, 0.6) is 5.88 Å². The molecule has 0 radical (unpaired) electrons. The van der Waals surface area contributed by atoms with Crippen LogP contribution < -0.4 is 4.74 Å². The molecule has 4 fully saturated rings. The van der Waals surface area contributed by atoms with Crippen LogP contribution >= 0.6 is 0 Å². The van der Waals surface area contributed by atoms with Gasteiger partial charge in [0.15, 0.2) is 0 Å². The first-order valence-electron chi connectivity index (χ1n) is 10.4. The van der Waals surface area contributed by atoms with E-state index in [2.05, 4.69) is 40.0 Å². The summed E-state index contributed by atoms with van der Waals surface area (Å²) in [5.41, 5.74) is 2.27. The molecular formula is C22H27N3O2. The molecule has 2 aromatic rings. The first-order valence-corrected chi connectivity index (χ1v) is 10.4. The lowest BCUT2D eigenvalue weighted by atomic mass is 9.73. The highest BCUT2D eigenvalue weighted by molar-refractivity contribution is 5.59. The van der Waals surface area contributed by atoms with Gasteiger partial charge in [-0.1, -0.05) is 0 Å². The van der Waals surface area contributed by atoms with Crippen LogP contribution in [0, 0.1) is 5.92 Å². The fourth-order valence-electron chi connectivity index (χ4n) is 5.35. The molecule has 5 nitrogen and oxygen atoms in total. The third-order valence-corrected chi connectivity index (χ3v) is 7.06. The van der Waals surface area contributed by atoms with Crippen LogP contribution in [0.2, 0.25) is 0 Å². The first-order chi connectivity index (χ1) is 13.2. The maximum absolute atomic E-state index is 6.46. The molecule has 1 spiro atoms. The standard InChI is InChI=1S/C22H27N3O2/c1-24(18-2-3-18)13-19-4-5-20(26-19)16-10-15-11-22(27-21(15)23-12-16)14-25-8-6-17(22)7-9-25/h4-5,10,12,17-18H,2-3,6-9,11,13-14H2,1H3. The van der Waals surface area contributed by atoms with Crippen molar-refractivity contribution in [3.8, 4) is 17.2 Å². The Balaban J connectivity index is 1.23. The van der Waals surface area contributed by atoms with Gasteiger partial charge >= 0.3 is 0 Å². The van der Waals surface area contributed by atoms with Gasteiger partial charge in [-0.3, -0.25) is 9.80 Å². The normalized spacial score (nSPS) is 31.5. The highest BCUT2D eigenvalue weighted by atomic mass is 16.5. The summed E-state index contributed by atoms with van der Waals surface area (Å²) in [5.74, 6) is 3.46. The third kappa shape index (κ3) is 2.71. The second-order valence-electron chi connectivity index (χ2n) is 8.99. The molecule has 5 aliphatic rings. The lowest BCUT2D eigenvalue weighted by Gasteiger charge is -2.50. The molecule has 1 unspecified atom stereocenters. The van der Waals surface area contributed by atoms with Crippen molar-refractivity contribution in [1.29, 1.82) is 0 Å². The van der Waals surface area contributed by atoms with Gasteiger partial charge in [-0.05, 0) is 64.0 Å². The number of pyridine rings is 1. The molecule has 7 rings (SSSR count). The number of furan rings is 1. The summed E-state index contributed by atoms with van der Waals surface area (Å²) in [5, 5.41) is 0. The van der Waals surface area contributed by atoms with E-state index in [0.717, 1.165) is 48.5 Å². The second kappa shape index (κ2) is 5.82. The van der Waals surface area contributed by atoms with Gasteiger partial charge in [0, 0.05) is 42.2 Å². The van der Waals surface area contributed by atoms with Gasteiger partial charge < -0.3 is 9.15 Å². The topological polar surface area (TPSA) is 41.7 Å². The Bertz CT molecular complexity index is 866. The Morgan fingerprint density at radius 3 is 2.81 bits per heavy atom. The monoisotopic (exact) mass is 365 g/mol. The van der Waals surface area contributed by atoms with Crippen LogP contribution in [-0.4, -0.2) is 53.1 Å². The molecule has 5 heteroatoms. The first kappa shape index (κ1) is 16.1. The van der Waals surface area contributed by atoms with Crippen molar-refractivity contribution in [1.82, 2.24) is 14.8 Å². The average molecular weight is 365 g/mol. The van der Waals surface area contributed by atoms with Gasteiger partial charge in [0.2, 0.25) is 5.88 Å². The fraction of sp³-hybridized carbons (Fsp3) is 0.591. The number of hydrogen-bond acceptors (Lipinski definition) is 5. The number of piperidine rings is 3. The molecular weight excluding hydrogens is 338 g/mol. The number of nitrogens with zero attached hydrogens (tertiary/aromatic N) is 3. The zero-order valence-electron chi connectivity index (χ0n) is 16.0. The summed E-state index contributed by atoms with van der Waals surface area (Å²) in [4.78, 5) is 9.61. The SMILES string of the molecule is CN(Cc1ccc(-c2cnc3c(c2)CC2(CN4CCC2CC4)O3)o1)C1CC1. The van der Waals surface area contributed by atoms with Crippen LogP contribution in [0.4, 0.5) is 0 Å². The van der Waals surface area contributed by atoms with Crippen LogP contribution in [-0.2, 0) is 13.0 Å². The third-order valence-electron chi connectivity index (χ3n) is 7.06. The lowest BCUT2D eigenvalue weighted by Crippen LogP contribution is -2.61. The van der Waals surface area contributed by atoms with E-state index in [-0.39, 0.29) is 5.60 Å². The maximum Gasteiger partial charge on any atom is 0.217 e. The fourth-order valence-corrected chi connectivity index (χ4v) is 5.35. The van der Waals surface area contributed by atoms with Gasteiger partial charge in [-0.15, -0.1) is 0 Å². The highest BCUT2D eigenvalue weighted by Gasteiger charge is 2.52. The Hall–Kier alpha value is -1.85. The minimum absolute atomic E-state index is 0.0360. The van der Waals surface area contributed by atoms with Crippen molar-refractivity contribution >= 4 is 0 Å². The highest BCUT2D eigenvalue weighted by Crippen LogP contribution is 2.46. The molecule has 6 heterocycles. The largest absolute Gasteiger partial charge is 0.469 e. The van der Waals surface area contributed by atoms with Gasteiger partial charge in [0.05, 0.1) is 6.54 Å². The summed E-state index contributed by atoms with van der Waals surface area (Å²) in [6.45, 7) is 4.40. The quantitative estimate of drug-likeness (QED) is 0.831. The average Bonchev–Trinajstić information content (AvgIpc) is 3.34. The predicted octanol–water partition coefficient (Wildman–Crippen LogP) is 3.34. The van der Waals surface area contributed by atoms with Crippen LogP contribution in [0.3, 0.4) is 0 Å². The van der Waals surface area contributed by atoms with E-state index in [1.807, 2.05) is 6.20 Å². The van der Waals surface area contributed by atoms with Crippen molar-refractivity contribution in [2.45, 2.75) is 50.3 Å². The predicted molar refractivity (Wildman–Crippen MR) is 103 cm³/mol. The Labute approximate surface area is 160 Å². The smallest absolute Gasteiger partial charge is 0.217 e. The number of hydrogen-bond donors (Lipinski definition) is 0. The molecule has 2 bridgehead atoms. The number of aromatic nitrogens is 1. The molecule has 0 amide bonds. The molecule has 0 aromatic carbocycles. The van der Waals surface area contributed by atoms with E-state index >= 15 is 0 Å². The summed E-state index contributed by atoms with van der Waals surface area (Å²) in [6, 6.07) is 7.17. The summed E-state index contributed by atoms with van der Waals surface area (Å²) in [7, 11) is 2.18. The molecule has 142 valence electrons. The van der Waals surface area contributed by atoms with E-state index in [1.165, 1.54) is 44.3 Å². The van der Waals surface area contributed by atoms with Gasteiger partial charge in [-0.25, -0.2) is 4.98 Å². The van der Waals surface area contributed by atoms with E-state index in [1.54, 1.807) is 0 Å². The molecule has 4 aliphatic heterocycles. The van der Waals surface area contributed by atoms with Crippen molar-refractivity contribution in [2.24, 2.45) is 5.92 Å². The second-order valence-corrected chi connectivity index (χ2v) is 8.99. The Morgan fingerprint density at radius 2 is 2.07 bits per heavy atom. The van der Waals surface area contributed by atoms with Crippen LogP contribution in [0.25, 0.3) is 11.3 Å². The molecule has 1 atom stereocenters. The minimum atomic E-state index is -0.0360. The van der Waals surface area contributed by atoms with Gasteiger partial charge in [0.1, 0.15) is 17.1 Å². The van der Waals surface area contributed by atoms with Crippen molar-refractivity contribution in [2.75, 3.05) is 26.7 Å². The molecule has 1 aliphatic carbocycles. The van der Waals surface area contributed by atoms with Crippen molar-refractivity contribution in [3.63, 3.8) is 0 Å². The molecule has 27 heavy (non-hydrogen) atoms. The minimum Gasteiger partial charge on any atom is -0.469 e.